The largest absolute Gasteiger partial charge is 0.493 e. The van der Waals surface area contributed by atoms with E-state index < -0.39 is 0 Å². The van der Waals surface area contributed by atoms with Crippen LogP contribution in [0.15, 0.2) is 18.3 Å². The van der Waals surface area contributed by atoms with E-state index in [-0.39, 0.29) is 11.9 Å². The van der Waals surface area contributed by atoms with Crippen molar-refractivity contribution in [3.8, 4) is 5.75 Å². The van der Waals surface area contributed by atoms with Crippen LogP contribution in [-0.4, -0.2) is 28.4 Å². The van der Waals surface area contributed by atoms with Gasteiger partial charge in [0.25, 0.3) is 5.91 Å². The summed E-state index contributed by atoms with van der Waals surface area (Å²) in [6, 6.07) is 3.81. The summed E-state index contributed by atoms with van der Waals surface area (Å²) in [7, 11) is 1.60. The number of amides is 1. The third-order valence-electron chi connectivity index (χ3n) is 3.21. The van der Waals surface area contributed by atoms with Crippen molar-refractivity contribution in [1.29, 1.82) is 0 Å². The number of nitrogens with zero attached hydrogens (tertiary/aromatic N) is 2. The molecule has 0 saturated heterocycles. The number of methoxy groups -OCH3 is 1. The minimum atomic E-state index is -0.104. The van der Waals surface area contributed by atoms with E-state index in [1.165, 1.54) is 0 Å². The number of hydrogen-bond donors (Lipinski definition) is 1. The molecule has 0 saturated carbocycles. The van der Waals surface area contributed by atoms with Gasteiger partial charge in [0, 0.05) is 12.2 Å². The molecule has 2 aromatic rings. The lowest BCUT2D eigenvalue weighted by atomic mass is 10.2. The standard InChI is InChI=1S/C14H19N3O2/c1-5-9(2)15-14(18)12-10(3)16-13-11(19-4)7-6-8-17(12)13/h6-9H,5H2,1-4H3,(H,15,18). The quantitative estimate of drug-likeness (QED) is 0.917. The van der Waals surface area contributed by atoms with Crippen molar-refractivity contribution in [2.45, 2.75) is 33.2 Å². The van der Waals surface area contributed by atoms with Gasteiger partial charge < -0.3 is 10.1 Å². The molecule has 1 atom stereocenters. The third kappa shape index (κ3) is 2.41. The van der Waals surface area contributed by atoms with Crippen molar-refractivity contribution >= 4 is 11.6 Å². The number of carbonyl (C=O) groups is 1. The van der Waals surface area contributed by atoms with Crippen LogP contribution in [0.5, 0.6) is 5.75 Å². The van der Waals surface area contributed by atoms with Crippen LogP contribution in [0.25, 0.3) is 5.65 Å². The van der Waals surface area contributed by atoms with Gasteiger partial charge in [-0.05, 0) is 32.4 Å². The van der Waals surface area contributed by atoms with Gasteiger partial charge >= 0.3 is 0 Å². The van der Waals surface area contributed by atoms with Crippen molar-refractivity contribution in [3.63, 3.8) is 0 Å². The summed E-state index contributed by atoms with van der Waals surface area (Å²) in [5, 5.41) is 2.96. The molecule has 2 heterocycles. The molecule has 1 unspecified atom stereocenters. The zero-order valence-corrected chi connectivity index (χ0v) is 11.7. The Hall–Kier alpha value is -2.04. The van der Waals surface area contributed by atoms with Gasteiger partial charge in [0.2, 0.25) is 0 Å². The summed E-state index contributed by atoms with van der Waals surface area (Å²) in [5.74, 6) is 0.556. The molecule has 5 nitrogen and oxygen atoms in total. The molecule has 19 heavy (non-hydrogen) atoms. The second-order valence-corrected chi connectivity index (χ2v) is 4.60. The highest BCUT2D eigenvalue weighted by molar-refractivity contribution is 5.95. The van der Waals surface area contributed by atoms with E-state index in [1.807, 2.05) is 39.1 Å². The normalized spacial score (nSPS) is 12.4. The highest BCUT2D eigenvalue weighted by atomic mass is 16.5. The van der Waals surface area contributed by atoms with Crippen LogP contribution >= 0.6 is 0 Å². The average Bonchev–Trinajstić information content (AvgIpc) is 2.74. The minimum Gasteiger partial charge on any atom is -0.493 e. The molecule has 0 aromatic carbocycles. The van der Waals surface area contributed by atoms with Crippen LogP contribution < -0.4 is 10.1 Å². The second kappa shape index (κ2) is 5.30. The topological polar surface area (TPSA) is 55.6 Å². The van der Waals surface area contributed by atoms with Gasteiger partial charge in [-0.2, -0.15) is 0 Å². The Bertz CT molecular complexity index is 604. The van der Waals surface area contributed by atoms with E-state index in [0.29, 0.717) is 22.8 Å². The molecular formula is C14H19N3O2. The number of hydrogen-bond acceptors (Lipinski definition) is 3. The van der Waals surface area contributed by atoms with E-state index in [4.69, 9.17) is 4.74 Å². The van der Waals surface area contributed by atoms with Gasteiger partial charge in [-0.1, -0.05) is 6.92 Å². The molecule has 0 aliphatic heterocycles. The number of nitrogens with one attached hydrogen (secondary N) is 1. The third-order valence-corrected chi connectivity index (χ3v) is 3.21. The number of rotatable bonds is 4. The monoisotopic (exact) mass is 261 g/mol. The maximum Gasteiger partial charge on any atom is 0.270 e. The van der Waals surface area contributed by atoms with E-state index in [9.17, 15) is 4.79 Å². The Morgan fingerprint density at radius 2 is 2.32 bits per heavy atom. The predicted molar refractivity (Wildman–Crippen MR) is 73.7 cm³/mol. The van der Waals surface area contributed by atoms with Crippen molar-refractivity contribution in [2.75, 3.05) is 7.11 Å². The molecule has 0 bridgehead atoms. The van der Waals surface area contributed by atoms with Crippen molar-refractivity contribution in [3.05, 3.63) is 29.7 Å². The van der Waals surface area contributed by atoms with Gasteiger partial charge in [-0.15, -0.1) is 0 Å². The molecule has 2 rings (SSSR count). The zero-order chi connectivity index (χ0) is 14.0. The Labute approximate surface area is 112 Å². The first-order valence-electron chi connectivity index (χ1n) is 6.41. The predicted octanol–water partition coefficient (Wildman–Crippen LogP) is 2.18. The Morgan fingerprint density at radius 1 is 1.58 bits per heavy atom. The molecular weight excluding hydrogens is 242 g/mol. The molecule has 2 aromatic heterocycles. The first kappa shape index (κ1) is 13.4. The van der Waals surface area contributed by atoms with Crippen molar-refractivity contribution in [2.24, 2.45) is 0 Å². The average molecular weight is 261 g/mol. The molecule has 0 fully saturated rings. The lowest BCUT2D eigenvalue weighted by Crippen LogP contribution is -2.33. The van der Waals surface area contributed by atoms with Gasteiger partial charge in [-0.25, -0.2) is 4.98 Å². The Kier molecular flexibility index (Phi) is 3.74. The molecule has 0 spiro atoms. The van der Waals surface area contributed by atoms with Crippen molar-refractivity contribution < 1.29 is 9.53 Å². The summed E-state index contributed by atoms with van der Waals surface area (Å²) in [4.78, 5) is 16.7. The fraction of sp³-hybridized carbons (Fsp3) is 0.429. The fourth-order valence-corrected chi connectivity index (χ4v) is 1.98. The van der Waals surface area contributed by atoms with E-state index in [1.54, 1.807) is 11.5 Å². The van der Waals surface area contributed by atoms with Crippen LogP contribution in [0.3, 0.4) is 0 Å². The van der Waals surface area contributed by atoms with E-state index in [2.05, 4.69) is 10.3 Å². The highest BCUT2D eigenvalue weighted by Gasteiger charge is 2.19. The molecule has 0 radical (unpaired) electrons. The van der Waals surface area contributed by atoms with Gasteiger partial charge in [0.05, 0.1) is 12.8 Å². The van der Waals surface area contributed by atoms with Crippen LogP contribution in [0.1, 0.15) is 36.5 Å². The van der Waals surface area contributed by atoms with Gasteiger partial charge in [0.15, 0.2) is 11.4 Å². The summed E-state index contributed by atoms with van der Waals surface area (Å²) < 4.78 is 7.03. The molecule has 1 amide bonds. The lowest BCUT2D eigenvalue weighted by Gasteiger charge is -2.11. The van der Waals surface area contributed by atoms with E-state index >= 15 is 0 Å². The smallest absolute Gasteiger partial charge is 0.270 e. The van der Waals surface area contributed by atoms with Crippen LogP contribution in [0.2, 0.25) is 0 Å². The number of ether oxygens (including phenoxy) is 1. The minimum absolute atomic E-state index is 0.104. The highest BCUT2D eigenvalue weighted by Crippen LogP contribution is 2.21. The summed E-state index contributed by atoms with van der Waals surface area (Å²) in [6.45, 7) is 5.85. The van der Waals surface area contributed by atoms with Gasteiger partial charge in [-0.3, -0.25) is 9.20 Å². The molecule has 1 N–H and O–H groups in total. The van der Waals surface area contributed by atoms with Gasteiger partial charge in [0.1, 0.15) is 5.69 Å². The summed E-state index contributed by atoms with van der Waals surface area (Å²) >= 11 is 0. The van der Waals surface area contributed by atoms with E-state index in [0.717, 1.165) is 6.42 Å². The maximum absolute atomic E-state index is 12.3. The first-order valence-corrected chi connectivity index (χ1v) is 6.41. The molecule has 0 aliphatic rings. The lowest BCUT2D eigenvalue weighted by molar-refractivity contribution is 0.0932. The SMILES string of the molecule is CCC(C)NC(=O)c1c(C)nc2c(OC)cccn12. The number of pyridine rings is 1. The number of aryl methyl sites for hydroxylation is 1. The fourth-order valence-electron chi connectivity index (χ4n) is 1.98. The second-order valence-electron chi connectivity index (χ2n) is 4.60. The number of carbonyl (C=O) groups excluding carboxylic acids is 1. The van der Waals surface area contributed by atoms with Crippen molar-refractivity contribution in [1.82, 2.24) is 14.7 Å². The maximum atomic E-state index is 12.3. The number of aromatic nitrogens is 2. The zero-order valence-electron chi connectivity index (χ0n) is 11.7. The van der Waals surface area contributed by atoms with Crippen LogP contribution in [0.4, 0.5) is 0 Å². The number of imidazole rings is 1. The molecule has 5 heteroatoms. The summed E-state index contributed by atoms with van der Waals surface area (Å²) in [6.07, 6.45) is 2.72. The molecule has 0 aliphatic carbocycles. The molecule has 102 valence electrons. The van der Waals surface area contributed by atoms with Crippen LogP contribution in [0, 0.1) is 6.92 Å². The summed E-state index contributed by atoms with van der Waals surface area (Å²) in [5.41, 5.74) is 1.93. The number of fused-ring (bicyclic) bond motifs is 1. The Morgan fingerprint density at radius 3 is 2.95 bits per heavy atom. The first-order chi connectivity index (χ1) is 9.08. The Balaban J connectivity index is 2.49. The van der Waals surface area contributed by atoms with Crippen LogP contribution in [-0.2, 0) is 0 Å².